The van der Waals surface area contributed by atoms with Gasteiger partial charge in [-0.15, -0.1) is 0 Å². The van der Waals surface area contributed by atoms with Crippen LogP contribution < -0.4 is 20.9 Å². The van der Waals surface area contributed by atoms with Crippen LogP contribution >= 0.6 is 11.6 Å². The molecule has 0 aliphatic heterocycles. The number of nitrogens with one attached hydrogen (secondary N) is 3. The standard InChI is InChI=1S/C21H24ClN3O4/c1-12-8-7-11-18(13(12)2)29-15(4)20(27)25-24-19(26)14(3)23-21(28)16-9-5-6-10-17(16)22/h5-11,14-15H,1-4H3,(H,23,28)(H,24,26)(H,25,27). The number of hydrogen-bond donors (Lipinski definition) is 3. The zero-order chi connectivity index (χ0) is 21.6. The number of rotatable bonds is 6. The van der Waals surface area contributed by atoms with E-state index in [-0.39, 0.29) is 10.6 Å². The van der Waals surface area contributed by atoms with Gasteiger partial charge in [0.05, 0.1) is 10.6 Å². The summed E-state index contributed by atoms with van der Waals surface area (Å²) in [5.74, 6) is -1.00. The number of aryl methyl sites for hydroxylation is 1. The normalized spacial score (nSPS) is 12.4. The summed E-state index contributed by atoms with van der Waals surface area (Å²) in [7, 11) is 0. The Morgan fingerprint density at radius 2 is 1.59 bits per heavy atom. The molecule has 29 heavy (non-hydrogen) atoms. The average molecular weight is 418 g/mol. The van der Waals surface area contributed by atoms with Crippen LogP contribution in [0.25, 0.3) is 0 Å². The smallest absolute Gasteiger partial charge is 0.279 e. The second-order valence-electron chi connectivity index (χ2n) is 6.61. The monoisotopic (exact) mass is 417 g/mol. The van der Waals surface area contributed by atoms with Crippen molar-refractivity contribution >= 4 is 29.3 Å². The van der Waals surface area contributed by atoms with Crippen LogP contribution in [0.5, 0.6) is 5.75 Å². The molecule has 2 rings (SSSR count). The number of amides is 3. The Hall–Kier alpha value is -3.06. The molecule has 0 radical (unpaired) electrons. The quantitative estimate of drug-likeness (QED) is 0.629. The second-order valence-corrected chi connectivity index (χ2v) is 7.02. The lowest BCUT2D eigenvalue weighted by Crippen LogP contribution is -2.53. The molecule has 0 aliphatic carbocycles. The summed E-state index contributed by atoms with van der Waals surface area (Å²) < 4.78 is 5.67. The van der Waals surface area contributed by atoms with Gasteiger partial charge in [-0.2, -0.15) is 0 Å². The number of ether oxygens (including phenoxy) is 1. The molecular weight excluding hydrogens is 394 g/mol. The molecule has 8 heteroatoms. The van der Waals surface area contributed by atoms with Crippen LogP contribution in [0, 0.1) is 13.8 Å². The van der Waals surface area contributed by atoms with Gasteiger partial charge in [-0.3, -0.25) is 25.2 Å². The van der Waals surface area contributed by atoms with Crippen LogP contribution in [0.15, 0.2) is 42.5 Å². The van der Waals surface area contributed by atoms with Crippen molar-refractivity contribution in [3.63, 3.8) is 0 Å². The van der Waals surface area contributed by atoms with E-state index in [9.17, 15) is 14.4 Å². The third-order valence-corrected chi connectivity index (χ3v) is 4.73. The summed E-state index contributed by atoms with van der Waals surface area (Å²) in [6.07, 6.45) is -0.830. The third kappa shape index (κ3) is 5.96. The molecule has 0 heterocycles. The Labute approximate surface area is 174 Å². The van der Waals surface area contributed by atoms with Crippen LogP contribution in [0.4, 0.5) is 0 Å². The van der Waals surface area contributed by atoms with Gasteiger partial charge in [0.2, 0.25) is 0 Å². The molecule has 2 aromatic carbocycles. The fourth-order valence-corrected chi connectivity index (χ4v) is 2.64. The van der Waals surface area contributed by atoms with Crippen molar-refractivity contribution in [2.45, 2.75) is 39.8 Å². The van der Waals surface area contributed by atoms with Crippen molar-refractivity contribution in [3.8, 4) is 5.75 Å². The first kappa shape index (κ1) is 22.2. The molecule has 2 atom stereocenters. The van der Waals surface area contributed by atoms with Gasteiger partial charge in [-0.25, -0.2) is 0 Å². The maximum absolute atomic E-state index is 12.2. The van der Waals surface area contributed by atoms with E-state index in [0.717, 1.165) is 11.1 Å². The van der Waals surface area contributed by atoms with Crippen molar-refractivity contribution in [2.75, 3.05) is 0 Å². The molecular formula is C21H24ClN3O4. The second kappa shape index (κ2) is 9.93. The van der Waals surface area contributed by atoms with E-state index >= 15 is 0 Å². The van der Waals surface area contributed by atoms with Gasteiger partial charge < -0.3 is 10.1 Å². The van der Waals surface area contributed by atoms with Crippen molar-refractivity contribution in [2.24, 2.45) is 0 Å². The minimum atomic E-state index is -0.894. The summed E-state index contributed by atoms with van der Waals surface area (Å²) in [4.78, 5) is 36.6. The summed E-state index contributed by atoms with van der Waals surface area (Å²) >= 11 is 5.97. The number of hydrogen-bond acceptors (Lipinski definition) is 4. The lowest BCUT2D eigenvalue weighted by Gasteiger charge is -2.19. The SMILES string of the molecule is Cc1cccc(OC(C)C(=O)NNC(=O)C(C)NC(=O)c2ccccc2Cl)c1C. The average Bonchev–Trinajstić information content (AvgIpc) is 2.69. The molecule has 2 unspecified atom stereocenters. The Kier molecular flexibility index (Phi) is 7.61. The van der Waals surface area contributed by atoms with Crippen molar-refractivity contribution < 1.29 is 19.1 Å². The van der Waals surface area contributed by atoms with Gasteiger partial charge in [-0.05, 0) is 57.0 Å². The molecule has 3 N–H and O–H groups in total. The Balaban J connectivity index is 1.85. The lowest BCUT2D eigenvalue weighted by atomic mass is 10.1. The van der Waals surface area contributed by atoms with Gasteiger partial charge in [-0.1, -0.05) is 35.9 Å². The van der Waals surface area contributed by atoms with Crippen LogP contribution in [0.3, 0.4) is 0 Å². The van der Waals surface area contributed by atoms with E-state index in [2.05, 4.69) is 16.2 Å². The maximum Gasteiger partial charge on any atom is 0.279 e. The fraction of sp³-hybridized carbons (Fsp3) is 0.286. The van der Waals surface area contributed by atoms with E-state index in [1.807, 2.05) is 26.0 Å². The summed E-state index contributed by atoms with van der Waals surface area (Å²) in [6.45, 7) is 6.92. The van der Waals surface area contributed by atoms with E-state index in [4.69, 9.17) is 16.3 Å². The van der Waals surface area contributed by atoms with Crippen molar-refractivity contribution in [3.05, 3.63) is 64.2 Å². The Bertz CT molecular complexity index is 917. The lowest BCUT2D eigenvalue weighted by molar-refractivity contribution is -0.133. The molecule has 154 valence electrons. The van der Waals surface area contributed by atoms with Gasteiger partial charge in [0, 0.05) is 0 Å². The number of halogens is 1. The molecule has 0 aliphatic rings. The molecule has 0 saturated carbocycles. The number of hydrazine groups is 1. The molecule has 0 fully saturated rings. The largest absolute Gasteiger partial charge is 0.481 e. The summed E-state index contributed by atoms with van der Waals surface area (Å²) in [6, 6.07) is 11.2. The minimum Gasteiger partial charge on any atom is -0.481 e. The van der Waals surface area contributed by atoms with Crippen LogP contribution in [-0.4, -0.2) is 29.9 Å². The van der Waals surface area contributed by atoms with Crippen LogP contribution in [0.1, 0.15) is 35.3 Å². The maximum atomic E-state index is 12.2. The fourth-order valence-electron chi connectivity index (χ4n) is 2.41. The highest BCUT2D eigenvalue weighted by Gasteiger charge is 2.21. The molecule has 2 aromatic rings. The van der Waals surface area contributed by atoms with E-state index in [1.165, 1.54) is 6.92 Å². The number of carbonyl (C=O) groups excluding carboxylic acids is 3. The zero-order valence-electron chi connectivity index (χ0n) is 16.7. The van der Waals surface area contributed by atoms with E-state index < -0.39 is 29.9 Å². The number of benzene rings is 2. The van der Waals surface area contributed by atoms with Crippen LogP contribution in [0.2, 0.25) is 5.02 Å². The van der Waals surface area contributed by atoms with Gasteiger partial charge in [0.1, 0.15) is 11.8 Å². The molecule has 0 aromatic heterocycles. The molecule has 7 nitrogen and oxygen atoms in total. The Morgan fingerprint density at radius 1 is 0.931 bits per heavy atom. The highest BCUT2D eigenvalue weighted by atomic mass is 35.5. The van der Waals surface area contributed by atoms with Crippen LogP contribution in [-0.2, 0) is 9.59 Å². The minimum absolute atomic E-state index is 0.258. The summed E-state index contributed by atoms with van der Waals surface area (Å²) in [5, 5.41) is 2.81. The summed E-state index contributed by atoms with van der Waals surface area (Å²) in [5.41, 5.74) is 6.82. The first-order chi connectivity index (χ1) is 13.7. The first-order valence-corrected chi connectivity index (χ1v) is 9.46. The predicted octanol–water partition coefficient (Wildman–Crippen LogP) is 2.69. The van der Waals surface area contributed by atoms with Gasteiger partial charge in [0.15, 0.2) is 6.10 Å². The molecule has 0 spiro atoms. The molecule has 0 saturated heterocycles. The third-order valence-electron chi connectivity index (χ3n) is 4.40. The van der Waals surface area contributed by atoms with Gasteiger partial charge >= 0.3 is 0 Å². The van der Waals surface area contributed by atoms with Gasteiger partial charge in [0.25, 0.3) is 17.7 Å². The van der Waals surface area contributed by atoms with E-state index in [0.29, 0.717) is 5.75 Å². The molecule has 0 bridgehead atoms. The van der Waals surface area contributed by atoms with Crippen molar-refractivity contribution in [1.29, 1.82) is 0 Å². The van der Waals surface area contributed by atoms with E-state index in [1.54, 1.807) is 37.3 Å². The predicted molar refractivity (Wildman–Crippen MR) is 111 cm³/mol. The molecule has 3 amide bonds. The number of carbonyl (C=O) groups is 3. The zero-order valence-corrected chi connectivity index (χ0v) is 17.5. The topological polar surface area (TPSA) is 96.5 Å². The first-order valence-electron chi connectivity index (χ1n) is 9.08. The highest BCUT2D eigenvalue weighted by Crippen LogP contribution is 2.21. The highest BCUT2D eigenvalue weighted by molar-refractivity contribution is 6.33. The van der Waals surface area contributed by atoms with Crippen molar-refractivity contribution in [1.82, 2.24) is 16.2 Å². The Morgan fingerprint density at radius 3 is 2.28 bits per heavy atom.